The smallest absolute Gasteiger partial charge is 0.237 e. The molecule has 1 aliphatic carbocycles. The van der Waals surface area contributed by atoms with Crippen LogP contribution in [0.5, 0.6) is 0 Å². The Labute approximate surface area is 130 Å². The average Bonchev–Trinajstić information content (AvgIpc) is 2.99. The minimum Gasteiger partial charge on any atom is -0.271 e. The third-order valence-corrected chi connectivity index (χ3v) is 5.46. The second-order valence-electron chi connectivity index (χ2n) is 5.56. The number of sulfonamides is 1. The van der Waals surface area contributed by atoms with Gasteiger partial charge in [-0.25, -0.2) is 13.1 Å². The summed E-state index contributed by atoms with van der Waals surface area (Å²) in [6, 6.07) is 9.51. The highest BCUT2D eigenvalue weighted by molar-refractivity contribution is 7.93. The Hall–Kier alpha value is -1.92. The summed E-state index contributed by atoms with van der Waals surface area (Å²) in [6.45, 7) is 2.35. The van der Waals surface area contributed by atoms with Crippen LogP contribution >= 0.6 is 0 Å². The van der Waals surface area contributed by atoms with Crippen LogP contribution in [-0.2, 0) is 23.0 Å². The van der Waals surface area contributed by atoms with Gasteiger partial charge in [0.15, 0.2) is 0 Å². The molecule has 0 radical (unpaired) electrons. The van der Waals surface area contributed by atoms with Crippen molar-refractivity contribution in [1.29, 1.82) is 0 Å². The molecule has 1 aromatic heterocycles. The lowest BCUT2D eigenvalue weighted by molar-refractivity contribution is 0.495. The summed E-state index contributed by atoms with van der Waals surface area (Å²) in [7, 11) is -3.46. The van der Waals surface area contributed by atoms with Crippen LogP contribution in [0.15, 0.2) is 47.6 Å². The van der Waals surface area contributed by atoms with E-state index in [0.29, 0.717) is 17.9 Å². The lowest BCUT2D eigenvalue weighted by Gasteiger charge is -2.19. The Bertz CT molecular complexity index is 779. The second kappa shape index (κ2) is 6.06. The van der Waals surface area contributed by atoms with Crippen LogP contribution in [0.3, 0.4) is 0 Å². The van der Waals surface area contributed by atoms with Gasteiger partial charge in [-0.2, -0.15) is 5.10 Å². The van der Waals surface area contributed by atoms with E-state index in [9.17, 15) is 8.42 Å². The first-order valence-electron chi connectivity index (χ1n) is 7.33. The van der Waals surface area contributed by atoms with Gasteiger partial charge >= 0.3 is 0 Å². The number of aromatic nitrogens is 2. The predicted molar refractivity (Wildman–Crippen MR) is 86.5 cm³/mol. The van der Waals surface area contributed by atoms with E-state index in [1.807, 2.05) is 43.5 Å². The molecular formula is C16H19N3O2S. The maximum atomic E-state index is 12.5. The molecule has 0 spiro atoms. The molecule has 22 heavy (non-hydrogen) atoms. The summed E-state index contributed by atoms with van der Waals surface area (Å²) in [5, 5.41) is 4.10. The van der Waals surface area contributed by atoms with Gasteiger partial charge in [0, 0.05) is 18.4 Å². The van der Waals surface area contributed by atoms with Crippen LogP contribution in [0, 0.1) is 0 Å². The highest BCUT2D eigenvalue weighted by Crippen LogP contribution is 2.26. The van der Waals surface area contributed by atoms with Gasteiger partial charge in [-0.05, 0) is 43.0 Å². The van der Waals surface area contributed by atoms with Crippen LogP contribution in [0.25, 0.3) is 6.08 Å². The van der Waals surface area contributed by atoms with E-state index >= 15 is 0 Å². The molecule has 1 atom stereocenters. The van der Waals surface area contributed by atoms with E-state index < -0.39 is 10.0 Å². The average molecular weight is 317 g/mol. The molecule has 0 fully saturated rings. The molecule has 2 aromatic rings. The predicted octanol–water partition coefficient (Wildman–Crippen LogP) is 2.18. The minimum atomic E-state index is -3.46. The zero-order valence-corrected chi connectivity index (χ0v) is 13.3. The number of hydrogen-bond donors (Lipinski definition) is 1. The van der Waals surface area contributed by atoms with Gasteiger partial charge in [-0.15, -0.1) is 0 Å². The monoisotopic (exact) mass is 317 g/mol. The number of nitrogens with zero attached hydrogens (tertiary/aromatic N) is 2. The van der Waals surface area contributed by atoms with Gasteiger partial charge in [-0.3, -0.25) is 4.68 Å². The fourth-order valence-electron chi connectivity index (χ4n) is 2.68. The lowest BCUT2D eigenvalue weighted by Crippen LogP contribution is -2.36. The fourth-order valence-corrected chi connectivity index (χ4v) is 4.09. The standard InChI is InChI=1S/C16H19N3O2S/c1-13(12-19-10-4-9-17-19)18-22(20,21)16-8-7-14-5-2-3-6-15(14)11-16/h2-6,9-11,13,18H,7-8,12H2,1H3. The van der Waals surface area contributed by atoms with Crippen LogP contribution < -0.4 is 4.72 Å². The van der Waals surface area contributed by atoms with Crippen LogP contribution in [0.1, 0.15) is 24.5 Å². The van der Waals surface area contributed by atoms with E-state index in [1.165, 1.54) is 5.56 Å². The Morgan fingerprint density at radius 2 is 2.09 bits per heavy atom. The Morgan fingerprint density at radius 3 is 2.86 bits per heavy atom. The lowest BCUT2D eigenvalue weighted by atomic mass is 9.98. The summed E-state index contributed by atoms with van der Waals surface area (Å²) in [6.07, 6.45) is 6.59. The van der Waals surface area contributed by atoms with E-state index in [1.54, 1.807) is 17.0 Å². The summed E-state index contributed by atoms with van der Waals surface area (Å²) < 4.78 is 29.5. The molecule has 3 rings (SSSR count). The van der Waals surface area contributed by atoms with E-state index in [2.05, 4.69) is 9.82 Å². The van der Waals surface area contributed by atoms with E-state index in [0.717, 1.165) is 12.0 Å². The van der Waals surface area contributed by atoms with Gasteiger partial charge in [0.25, 0.3) is 0 Å². The van der Waals surface area contributed by atoms with E-state index in [-0.39, 0.29) is 6.04 Å². The first-order valence-corrected chi connectivity index (χ1v) is 8.81. The summed E-state index contributed by atoms with van der Waals surface area (Å²) in [4.78, 5) is 0.457. The molecule has 0 saturated carbocycles. The van der Waals surface area contributed by atoms with E-state index in [4.69, 9.17) is 0 Å². The SMILES string of the molecule is CC(Cn1cccn1)NS(=O)(=O)C1=Cc2ccccc2CC1. The number of nitrogens with one attached hydrogen (secondary N) is 1. The third-order valence-electron chi connectivity index (χ3n) is 3.73. The molecular weight excluding hydrogens is 298 g/mol. The van der Waals surface area contributed by atoms with Crippen LogP contribution in [-0.4, -0.2) is 24.2 Å². The molecule has 1 aromatic carbocycles. The summed E-state index contributed by atoms with van der Waals surface area (Å²) in [5.41, 5.74) is 2.19. The zero-order chi connectivity index (χ0) is 15.6. The normalized spacial score (nSPS) is 16.0. The zero-order valence-electron chi connectivity index (χ0n) is 12.4. The van der Waals surface area contributed by atoms with Crippen molar-refractivity contribution in [1.82, 2.24) is 14.5 Å². The molecule has 0 bridgehead atoms. The highest BCUT2D eigenvalue weighted by Gasteiger charge is 2.23. The van der Waals surface area contributed by atoms with Crippen molar-refractivity contribution < 1.29 is 8.42 Å². The van der Waals surface area contributed by atoms with Crippen molar-refractivity contribution in [2.24, 2.45) is 0 Å². The Morgan fingerprint density at radius 1 is 1.27 bits per heavy atom. The highest BCUT2D eigenvalue weighted by atomic mass is 32.2. The number of fused-ring (bicyclic) bond motifs is 1. The van der Waals surface area contributed by atoms with Gasteiger partial charge in [-0.1, -0.05) is 24.3 Å². The largest absolute Gasteiger partial charge is 0.271 e. The van der Waals surface area contributed by atoms with Crippen molar-refractivity contribution in [3.05, 3.63) is 58.8 Å². The molecule has 1 unspecified atom stereocenters. The molecule has 0 saturated heterocycles. The Balaban J connectivity index is 1.75. The van der Waals surface area contributed by atoms with Crippen molar-refractivity contribution in [3.8, 4) is 0 Å². The number of rotatable bonds is 5. The molecule has 5 nitrogen and oxygen atoms in total. The number of aryl methyl sites for hydroxylation is 1. The maximum absolute atomic E-state index is 12.5. The first kappa shape index (κ1) is 15.0. The van der Waals surface area contributed by atoms with Crippen molar-refractivity contribution in [2.45, 2.75) is 32.4 Å². The topological polar surface area (TPSA) is 64.0 Å². The molecule has 1 aliphatic rings. The van der Waals surface area contributed by atoms with Gasteiger partial charge in [0.1, 0.15) is 0 Å². The first-order chi connectivity index (χ1) is 10.5. The molecule has 1 N–H and O–H groups in total. The molecule has 116 valence electrons. The van der Waals surface area contributed by atoms with Crippen molar-refractivity contribution >= 4 is 16.1 Å². The molecule has 0 amide bonds. The summed E-state index contributed by atoms with van der Waals surface area (Å²) >= 11 is 0. The maximum Gasteiger partial charge on any atom is 0.237 e. The van der Waals surface area contributed by atoms with Crippen LogP contribution in [0.2, 0.25) is 0 Å². The third kappa shape index (κ3) is 3.28. The molecule has 0 aliphatic heterocycles. The number of hydrogen-bond acceptors (Lipinski definition) is 3. The fraction of sp³-hybridized carbons (Fsp3) is 0.312. The second-order valence-corrected chi connectivity index (χ2v) is 7.33. The van der Waals surface area contributed by atoms with Gasteiger partial charge in [0.2, 0.25) is 10.0 Å². The van der Waals surface area contributed by atoms with Gasteiger partial charge < -0.3 is 0 Å². The van der Waals surface area contributed by atoms with Crippen LogP contribution in [0.4, 0.5) is 0 Å². The molecule has 6 heteroatoms. The van der Waals surface area contributed by atoms with Crippen molar-refractivity contribution in [3.63, 3.8) is 0 Å². The number of allylic oxidation sites excluding steroid dienone is 1. The van der Waals surface area contributed by atoms with Gasteiger partial charge in [0.05, 0.1) is 11.4 Å². The number of benzene rings is 1. The Kier molecular flexibility index (Phi) is 4.13. The van der Waals surface area contributed by atoms with Crippen molar-refractivity contribution in [2.75, 3.05) is 0 Å². The molecule has 1 heterocycles. The summed E-state index contributed by atoms with van der Waals surface area (Å²) in [5.74, 6) is 0. The quantitative estimate of drug-likeness (QED) is 0.919. The minimum absolute atomic E-state index is 0.219.